The van der Waals surface area contributed by atoms with Gasteiger partial charge < -0.3 is 15.6 Å². The van der Waals surface area contributed by atoms with Crippen molar-refractivity contribution in [2.24, 2.45) is 5.92 Å². The van der Waals surface area contributed by atoms with E-state index in [0.29, 0.717) is 6.54 Å². The second kappa shape index (κ2) is 8.82. The molecule has 2 aromatic carbocycles. The summed E-state index contributed by atoms with van der Waals surface area (Å²) in [6.45, 7) is 4.98. The fourth-order valence-electron chi connectivity index (χ4n) is 3.35. The van der Waals surface area contributed by atoms with E-state index in [1.165, 1.54) is 23.1 Å². The van der Waals surface area contributed by atoms with Crippen LogP contribution in [-0.4, -0.2) is 24.0 Å². The van der Waals surface area contributed by atoms with Crippen LogP contribution >= 0.6 is 0 Å². The molecule has 1 atom stereocenters. The number of fused-ring (bicyclic) bond motifs is 1. The second-order valence-electron chi connectivity index (χ2n) is 7.11. The largest absolute Gasteiger partial charge is 0.361 e. The molecule has 27 heavy (non-hydrogen) atoms. The van der Waals surface area contributed by atoms with Gasteiger partial charge in [-0.15, -0.1) is 0 Å². The average molecular weight is 367 g/mol. The molecule has 4 nitrogen and oxygen atoms in total. The number of para-hydroxylation sites is 1. The van der Waals surface area contributed by atoms with Gasteiger partial charge in [0.1, 0.15) is 5.82 Å². The first kappa shape index (κ1) is 19.1. The van der Waals surface area contributed by atoms with Crippen LogP contribution < -0.4 is 10.6 Å². The molecule has 0 aliphatic carbocycles. The summed E-state index contributed by atoms with van der Waals surface area (Å²) in [4.78, 5) is 15.5. The van der Waals surface area contributed by atoms with Crippen LogP contribution in [0.25, 0.3) is 10.9 Å². The lowest BCUT2D eigenvalue weighted by atomic mass is 9.96. The Morgan fingerprint density at radius 3 is 2.59 bits per heavy atom. The highest BCUT2D eigenvalue weighted by Gasteiger charge is 2.16. The number of carbonyl (C=O) groups is 1. The van der Waals surface area contributed by atoms with Crippen LogP contribution in [0.15, 0.2) is 54.7 Å². The Bertz CT molecular complexity index is 886. The second-order valence-corrected chi connectivity index (χ2v) is 7.11. The van der Waals surface area contributed by atoms with Crippen LogP contribution in [0.5, 0.6) is 0 Å². The molecule has 0 spiro atoms. The van der Waals surface area contributed by atoms with Gasteiger partial charge in [-0.2, -0.15) is 0 Å². The molecule has 1 aromatic heterocycles. The van der Waals surface area contributed by atoms with Crippen molar-refractivity contribution in [3.05, 3.63) is 71.7 Å². The molecule has 0 bridgehead atoms. The zero-order chi connectivity index (χ0) is 19.2. The standard InChI is InChI=1S/C22H26FN3O/c1-15(2)22(16-7-9-18(23)10-8-16)26-14-21(27)24-12-11-17-13-25-20-6-4-3-5-19(17)20/h3-10,13,15,22,25-26H,11-12,14H2,1-2H3,(H,24,27)/t22-/m0/s1. The van der Waals surface area contributed by atoms with Gasteiger partial charge in [0.05, 0.1) is 6.54 Å². The molecule has 3 N–H and O–H groups in total. The monoisotopic (exact) mass is 367 g/mol. The Morgan fingerprint density at radius 1 is 1.11 bits per heavy atom. The third kappa shape index (κ3) is 4.95. The number of aromatic amines is 1. The van der Waals surface area contributed by atoms with Crippen LogP contribution in [0.3, 0.4) is 0 Å². The number of halogens is 1. The summed E-state index contributed by atoms with van der Waals surface area (Å²) in [5.74, 6) is -0.00614. The van der Waals surface area contributed by atoms with Crippen LogP contribution in [0, 0.1) is 11.7 Å². The van der Waals surface area contributed by atoms with Crippen molar-refractivity contribution in [3.8, 4) is 0 Å². The quantitative estimate of drug-likeness (QED) is 0.565. The third-order valence-electron chi connectivity index (χ3n) is 4.77. The third-order valence-corrected chi connectivity index (χ3v) is 4.77. The molecule has 1 heterocycles. The highest BCUT2D eigenvalue weighted by atomic mass is 19.1. The van der Waals surface area contributed by atoms with Crippen LogP contribution in [0.2, 0.25) is 0 Å². The number of carbonyl (C=O) groups excluding carboxylic acids is 1. The summed E-state index contributed by atoms with van der Waals surface area (Å²) >= 11 is 0. The summed E-state index contributed by atoms with van der Waals surface area (Å²) in [7, 11) is 0. The lowest BCUT2D eigenvalue weighted by molar-refractivity contribution is -0.120. The first-order valence-electron chi connectivity index (χ1n) is 9.35. The molecular formula is C22H26FN3O. The number of hydrogen-bond acceptors (Lipinski definition) is 2. The van der Waals surface area contributed by atoms with Gasteiger partial charge in [0.2, 0.25) is 5.91 Å². The maximum absolute atomic E-state index is 13.1. The van der Waals surface area contributed by atoms with E-state index in [2.05, 4.69) is 35.5 Å². The molecule has 0 radical (unpaired) electrons. The highest BCUT2D eigenvalue weighted by Crippen LogP contribution is 2.21. The number of hydrogen-bond donors (Lipinski definition) is 3. The molecule has 0 unspecified atom stereocenters. The predicted octanol–water partition coefficient (Wildman–Crippen LogP) is 3.95. The molecule has 3 rings (SSSR count). The predicted molar refractivity (Wildman–Crippen MR) is 107 cm³/mol. The fraction of sp³-hybridized carbons (Fsp3) is 0.318. The maximum Gasteiger partial charge on any atom is 0.233 e. The van der Waals surface area contributed by atoms with E-state index in [-0.39, 0.29) is 30.2 Å². The van der Waals surface area contributed by atoms with Crippen molar-refractivity contribution in [2.75, 3.05) is 13.1 Å². The van der Waals surface area contributed by atoms with E-state index < -0.39 is 0 Å². The Hall–Kier alpha value is -2.66. The molecule has 1 amide bonds. The maximum atomic E-state index is 13.1. The van der Waals surface area contributed by atoms with Gasteiger partial charge in [-0.25, -0.2) is 4.39 Å². The van der Waals surface area contributed by atoms with Gasteiger partial charge in [-0.3, -0.25) is 4.79 Å². The molecule has 142 valence electrons. The zero-order valence-corrected chi connectivity index (χ0v) is 15.8. The van der Waals surface area contributed by atoms with Crippen molar-refractivity contribution in [3.63, 3.8) is 0 Å². The van der Waals surface area contributed by atoms with Gasteiger partial charge >= 0.3 is 0 Å². The van der Waals surface area contributed by atoms with Crippen molar-refractivity contribution < 1.29 is 9.18 Å². The van der Waals surface area contributed by atoms with Crippen LogP contribution in [0.4, 0.5) is 4.39 Å². The summed E-state index contributed by atoms with van der Waals surface area (Å²) in [5, 5.41) is 7.45. The minimum absolute atomic E-state index is 0.00460. The van der Waals surface area contributed by atoms with Crippen molar-refractivity contribution in [1.82, 2.24) is 15.6 Å². The van der Waals surface area contributed by atoms with Crippen LogP contribution in [-0.2, 0) is 11.2 Å². The summed E-state index contributed by atoms with van der Waals surface area (Å²) in [6, 6.07) is 14.6. The molecule has 0 saturated carbocycles. The topological polar surface area (TPSA) is 56.9 Å². The van der Waals surface area contributed by atoms with Crippen molar-refractivity contribution in [1.29, 1.82) is 0 Å². The Morgan fingerprint density at radius 2 is 1.85 bits per heavy atom. The van der Waals surface area contributed by atoms with Gasteiger partial charge in [0.25, 0.3) is 0 Å². The van der Waals surface area contributed by atoms with Gasteiger partial charge in [-0.05, 0) is 41.7 Å². The van der Waals surface area contributed by atoms with Gasteiger partial charge in [0, 0.05) is 29.7 Å². The smallest absolute Gasteiger partial charge is 0.233 e. The minimum atomic E-state index is -0.253. The zero-order valence-electron chi connectivity index (χ0n) is 15.8. The molecule has 0 aliphatic rings. The minimum Gasteiger partial charge on any atom is -0.361 e. The van der Waals surface area contributed by atoms with Crippen LogP contribution in [0.1, 0.15) is 31.0 Å². The van der Waals surface area contributed by atoms with E-state index >= 15 is 0 Å². The first-order valence-corrected chi connectivity index (χ1v) is 9.35. The molecule has 3 aromatic rings. The number of H-pyrrole nitrogens is 1. The first-order chi connectivity index (χ1) is 13.0. The normalized spacial score (nSPS) is 12.4. The van der Waals surface area contributed by atoms with E-state index in [1.54, 1.807) is 12.1 Å². The number of amides is 1. The highest BCUT2D eigenvalue weighted by molar-refractivity contribution is 5.83. The Balaban J connectivity index is 1.49. The molecule has 0 fully saturated rings. The van der Waals surface area contributed by atoms with Crippen molar-refractivity contribution in [2.45, 2.75) is 26.3 Å². The Labute approximate surface area is 159 Å². The van der Waals surface area contributed by atoms with E-state index in [4.69, 9.17) is 0 Å². The lowest BCUT2D eigenvalue weighted by Crippen LogP contribution is -2.38. The van der Waals surface area contributed by atoms with E-state index in [0.717, 1.165) is 17.5 Å². The number of benzene rings is 2. The lowest BCUT2D eigenvalue weighted by Gasteiger charge is -2.22. The molecule has 0 saturated heterocycles. The molecule has 5 heteroatoms. The SMILES string of the molecule is CC(C)[C@H](NCC(=O)NCCc1c[nH]c2ccccc12)c1ccc(F)cc1. The number of aromatic nitrogens is 1. The molecular weight excluding hydrogens is 341 g/mol. The summed E-state index contributed by atoms with van der Waals surface area (Å²) in [6.07, 6.45) is 2.78. The van der Waals surface area contributed by atoms with Gasteiger partial charge in [0.15, 0.2) is 0 Å². The summed E-state index contributed by atoms with van der Waals surface area (Å²) < 4.78 is 13.1. The van der Waals surface area contributed by atoms with E-state index in [1.807, 2.05) is 24.4 Å². The fourth-order valence-corrected chi connectivity index (χ4v) is 3.35. The number of nitrogens with one attached hydrogen (secondary N) is 3. The van der Waals surface area contributed by atoms with Gasteiger partial charge in [-0.1, -0.05) is 44.2 Å². The summed E-state index contributed by atoms with van der Waals surface area (Å²) in [5.41, 5.74) is 3.29. The van der Waals surface area contributed by atoms with Crippen molar-refractivity contribution >= 4 is 16.8 Å². The molecule has 0 aliphatic heterocycles. The van der Waals surface area contributed by atoms with E-state index in [9.17, 15) is 9.18 Å². The average Bonchev–Trinajstić information content (AvgIpc) is 3.06. The Kier molecular flexibility index (Phi) is 6.24. The number of rotatable bonds is 8.